The van der Waals surface area contributed by atoms with Crippen LogP contribution in [0.4, 0.5) is 11.4 Å². The summed E-state index contributed by atoms with van der Waals surface area (Å²) >= 11 is 0. The van der Waals surface area contributed by atoms with Gasteiger partial charge in [-0.15, -0.1) is 5.10 Å². The van der Waals surface area contributed by atoms with Gasteiger partial charge in [0.1, 0.15) is 11.3 Å². The second-order valence-corrected chi connectivity index (χ2v) is 9.91. The highest BCUT2D eigenvalue weighted by molar-refractivity contribution is 5.82. The summed E-state index contributed by atoms with van der Waals surface area (Å²) in [7, 11) is 0. The van der Waals surface area contributed by atoms with E-state index < -0.39 is 5.63 Å². The predicted octanol–water partition coefficient (Wildman–Crippen LogP) is 5.88. The van der Waals surface area contributed by atoms with Crippen molar-refractivity contribution in [2.24, 2.45) is 0 Å². The maximum Gasteiger partial charge on any atom is 0.362 e. The quantitative estimate of drug-likeness (QED) is 0.193. The Labute approximate surface area is 243 Å². The zero-order chi connectivity index (χ0) is 28.9. The molecular weight excluding hydrogens is 526 g/mol. The first-order chi connectivity index (χ1) is 20.6. The Hall–Kier alpha value is -5.31. The molecule has 0 unspecified atom stereocenters. The third-order valence-corrected chi connectivity index (χ3v) is 7.26. The molecule has 9 nitrogen and oxygen atoms in total. The lowest BCUT2D eigenvalue weighted by atomic mass is 10.1. The van der Waals surface area contributed by atoms with Crippen LogP contribution in [0, 0.1) is 0 Å². The molecule has 2 aromatic carbocycles. The highest BCUT2D eigenvalue weighted by Gasteiger charge is 2.14. The second kappa shape index (κ2) is 12.1. The minimum absolute atomic E-state index is 0.311. The van der Waals surface area contributed by atoms with Crippen LogP contribution in [0.25, 0.3) is 27.9 Å². The number of hydrogen-bond acceptors (Lipinski definition) is 8. The van der Waals surface area contributed by atoms with Gasteiger partial charge < -0.3 is 14.2 Å². The smallest absolute Gasteiger partial charge is 0.362 e. The Bertz CT molecular complexity index is 1790. The maximum absolute atomic E-state index is 12.9. The molecule has 0 radical (unpaired) electrons. The average Bonchev–Trinajstić information content (AvgIpc) is 3.52. The van der Waals surface area contributed by atoms with E-state index in [1.165, 1.54) is 4.68 Å². The van der Waals surface area contributed by atoms with Crippen LogP contribution in [0.3, 0.4) is 0 Å². The summed E-state index contributed by atoms with van der Waals surface area (Å²) in [5.74, 6) is 0. The molecule has 210 valence electrons. The van der Waals surface area contributed by atoms with Crippen molar-refractivity contribution >= 4 is 22.3 Å². The van der Waals surface area contributed by atoms with E-state index in [0.29, 0.717) is 30.1 Å². The first kappa shape index (κ1) is 26.9. The molecule has 42 heavy (non-hydrogen) atoms. The van der Waals surface area contributed by atoms with Gasteiger partial charge in [-0.25, -0.2) is 9.48 Å². The fourth-order valence-corrected chi connectivity index (χ4v) is 5.00. The lowest BCUT2D eigenvalue weighted by Crippen LogP contribution is -2.23. The van der Waals surface area contributed by atoms with E-state index in [-0.39, 0.29) is 0 Å². The summed E-state index contributed by atoms with van der Waals surface area (Å²) in [6.07, 6.45) is 5.36. The molecule has 0 saturated carbocycles. The van der Waals surface area contributed by atoms with Gasteiger partial charge in [-0.3, -0.25) is 9.97 Å². The monoisotopic (exact) mass is 557 g/mol. The van der Waals surface area contributed by atoms with Crippen molar-refractivity contribution in [3.8, 4) is 16.9 Å². The van der Waals surface area contributed by atoms with E-state index in [9.17, 15) is 4.79 Å². The van der Waals surface area contributed by atoms with Gasteiger partial charge in [-0.1, -0.05) is 29.5 Å². The third-order valence-electron chi connectivity index (χ3n) is 7.26. The molecule has 4 aromatic heterocycles. The number of hydrogen-bond donors (Lipinski definition) is 0. The number of fused-ring (bicyclic) bond motifs is 1. The Balaban J connectivity index is 1.25. The third kappa shape index (κ3) is 5.76. The minimum Gasteiger partial charge on any atom is -0.421 e. The van der Waals surface area contributed by atoms with Crippen LogP contribution in [0.1, 0.15) is 25.2 Å². The van der Waals surface area contributed by atoms with Crippen LogP contribution >= 0.6 is 0 Å². The fraction of sp³-hybridized carbons (Fsp3) is 0.182. The van der Waals surface area contributed by atoms with Gasteiger partial charge in [0.25, 0.3) is 0 Å². The van der Waals surface area contributed by atoms with E-state index in [1.54, 1.807) is 24.7 Å². The molecule has 0 amide bonds. The molecule has 0 aliphatic heterocycles. The van der Waals surface area contributed by atoms with Crippen LogP contribution in [0.15, 0.2) is 113 Å². The Morgan fingerprint density at radius 1 is 0.762 bits per heavy atom. The zero-order valence-corrected chi connectivity index (χ0v) is 23.6. The number of aromatic nitrogens is 5. The Morgan fingerprint density at radius 2 is 1.43 bits per heavy atom. The van der Waals surface area contributed by atoms with Crippen LogP contribution in [-0.2, 0) is 13.1 Å². The molecule has 6 aromatic rings. The Kier molecular flexibility index (Phi) is 7.72. The van der Waals surface area contributed by atoms with E-state index in [0.717, 1.165) is 46.8 Å². The number of nitrogens with zero attached hydrogens (tertiary/aromatic N) is 7. The average molecular weight is 558 g/mol. The van der Waals surface area contributed by atoms with Crippen molar-refractivity contribution in [1.29, 1.82) is 0 Å². The highest BCUT2D eigenvalue weighted by atomic mass is 16.4. The van der Waals surface area contributed by atoms with Crippen molar-refractivity contribution in [3.05, 3.63) is 125 Å². The van der Waals surface area contributed by atoms with Gasteiger partial charge in [-0.05, 0) is 68.4 Å². The summed E-state index contributed by atoms with van der Waals surface area (Å²) in [5.41, 5.74) is 5.92. The number of pyridine rings is 2. The molecule has 9 heteroatoms. The number of anilines is 2. The first-order valence-corrected chi connectivity index (χ1v) is 14.0. The molecule has 0 saturated heterocycles. The Morgan fingerprint density at radius 3 is 2.05 bits per heavy atom. The minimum atomic E-state index is -0.467. The van der Waals surface area contributed by atoms with Crippen LogP contribution in [-0.4, -0.2) is 38.1 Å². The summed E-state index contributed by atoms with van der Waals surface area (Å²) in [6.45, 7) is 7.23. The standard InChI is InChI=1S/C33H31N7O2/c1-3-38(4-2)29-16-13-25-19-31(33(41)42-32(25)20-29)40-23-30(36-37-40)24-11-14-28(15-12-24)39(21-26-9-5-7-17-34-26)22-27-10-6-8-18-35-27/h5-20,23H,3-4,21-22H2,1-2H3. The van der Waals surface area contributed by atoms with Crippen molar-refractivity contribution in [3.63, 3.8) is 0 Å². The lowest BCUT2D eigenvalue weighted by Gasteiger charge is -2.24. The summed E-state index contributed by atoms with van der Waals surface area (Å²) in [4.78, 5) is 26.4. The van der Waals surface area contributed by atoms with Gasteiger partial charge in [0.05, 0.1) is 30.7 Å². The molecule has 6 rings (SSSR count). The highest BCUT2D eigenvalue weighted by Crippen LogP contribution is 2.26. The predicted molar refractivity (Wildman–Crippen MR) is 165 cm³/mol. The fourth-order valence-electron chi connectivity index (χ4n) is 5.00. The van der Waals surface area contributed by atoms with Gasteiger partial charge in [0, 0.05) is 53.9 Å². The zero-order valence-electron chi connectivity index (χ0n) is 23.6. The van der Waals surface area contributed by atoms with E-state index in [1.807, 2.05) is 66.7 Å². The van der Waals surface area contributed by atoms with Gasteiger partial charge in [0.15, 0.2) is 5.69 Å². The van der Waals surface area contributed by atoms with Crippen LogP contribution < -0.4 is 15.4 Å². The molecule has 0 atom stereocenters. The molecule has 0 aliphatic rings. The van der Waals surface area contributed by atoms with Gasteiger partial charge >= 0.3 is 5.63 Å². The molecule has 4 heterocycles. The van der Waals surface area contributed by atoms with Gasteiger partial charge in [0.2, 0.25) is 0 Å². The van der Waals surface area contributed by atoms with Crippen molar-refractivity contribution in [2.45, 2.75) is 26.9 Å². The molecule has 0 N–H and O–H groups in total. The topological polar surface area (TPSA) is 93.2 Å². The largest absolute Gasteiger partial charge is 0.421 e. The van der Waals surface area contributed by atoms with E-state index >= 15 is 0 Å². The normalized spacial score (nSPS) is 11.1. The summed E-state index contributed by atoms with van der Waals surface area (Å²) in [6, 6.07) is 27.7. The van der Waals surface area contributed by atoms with Crippen molar-refractivity contribution in [2.75, 3.05) is 22.9 Å². The molecule has 0 bridgehead atoms. The number of benzene rings is 2. The van der Waals surface area contributed by atoms with Crippen molar-refractivity contribution in [1.82, 2.24) is 25.0 Å². The second-order valence-electron chi connectivity index (χ2n) is 9.91. The molecule has 0 fully saturated rings. The molecular formula is C33H31N7O2. The van der Waals surface area contributed by atoms with Crippen LogP contribution in [0.5, 0.6) is 0 Å². The first-order valence-electron chi connectivity index (χ1n) is 14.0. The molecule has 0 aliphatic carbocycles. The van der Waals surface area contributed by atoms with E-state index in [2.05, 4.69) is 56.1 Å². The maximum atomic E-state index is 12.9. The number of rotatable bonds is 10. The SMILES string of the molecule is CCN(CC)c1ccc2cc(-n3cc(-c4ccc(N(Cc5ccccn5)Cc5ccccn5)cc4)nn3)c(=O)oc2c1. The van der Waals surface area contributed by atoms with Gasteiger partial charge in [-0.2, -0.15) is 0 Å². The lowest BCUT2D eigenvalue weighted by molar-refractivity contribution is 0.550. The van der Waals surface area contributed by atoms with E-state index in [4.69, 9.17) is 4.42 Å². The van der Waals surface area contributed by atoms with Crippen molar-refractivity contribution < 1.29 is 4.42 Å². The summed E-state index contributed by atoms with van der Waals surface area (Å²) in [5, 5.41) is 9.41. The van der Waals surface area contributed by atoms with Crippen LogP contribution in [0.2, 0.25) is 0 Å². The molecule has 0 spiro atoms. The summed E-state index contributed by atoms with van der Waals surface area (Å²) < 4.78 is 7.17.